The summed E-state index contributed by atoms with van der Waals surface area (Å²) in [4.78, 5) is 22.8. The largest absolute Gasteiger partial charge is 0.443 e. The highest BCUT2D eigenvalue weighted by molar-refractivity contribution is 5.97. The van der Waals surface area contributed by atoms with E-state index in [0.717, 1.165) is 6.42 Å². The van der Waals surface area contributed by atoms with Gasteiger partial charge in [0.25, 0.3) is 5.91 Å². The molecule has 0 N–H and O–H groups in total. The standard InChI is InChI=1S/C17H15FN4O3/c1-10-20-16(25-21-10)12-6-7-22(8-12)17(23)14-15(24-9-19-14)11-2-4-13(18)5-3-11/h2-5,9,12H,6-8H2,1H3. The van der Waals surface area contributed by atoms with E-state index in [0.29, 0.717) is 36.1 Å². The molecule has 0 spiro atoms. The van der Waals surface area contributed by atoms with E-state index >= 15 is 0 Å². The zero-order valence-corrected chi connectivity index (χ0v) is 13.5. The first-order valence-corrected chi connectivity index (χ1v) is 7.90. The van der Waals surface area contributed by atoms with Gasteiger partial charge in [0.2, 0.25) is 5.89 Å². The third kappa shape index (κ3) is 2.90. The lowest BCUT2D eigenvalue weighted by Crippen LogP contribution is -2.29. The number of amides is 1. The molecule has 0 bridgehead atoms. The van der Waals surface area contributed by atoms with Crippen molar-refractivity contribution in [2.24, 2.45) is 0 Å². The maximum absolute atomic E-state index is 13.1. The van der Waals surface area contributed by atoms with Crippen LogP contribution in [0.1, 0.15) is 34.5 Å². The first kappa shape index (κ1) is 15.5. The van der Waals surface area contributed by atoms with E-state index < -0.39 is 0 Å². The molecule has 1 saturated heterocycles. The van der Waals surface area contributed by atoms with Crippen LogP contribution in [0.2, 0.25) is 0 Å². The minimum absolute atomic E-state index is 0.0197. The summed E-state index contributed by atoms with van der Waals surface area (Å²) in [5.41, 5.74) is 0.819. The summed E-state index contributed by atoms with van der Waals surface area (Å²) in [5, 5.41) is 3.79. The van der Waals surface area contributed by atoms with Crippen LogP contribution in [-0.2, 0) is 0 Å². The molecule has 0 saturated carbocycles. The molecule has 1 aromatic carbocycles. The third-order valence-electron chi connectivity index (χ3n) is 4.24. The fraction of sp³-hybridized carbons (Fsp3) is 0.294. The number of benzene rings is 1. The number of nitrogens with zero attached hydrogens (tertiary/aromatic N) is 4. The normalized spacial score (nSPS) is 17.2. The van der Waals surface area contributed by atoms with Gasteiger partial charge in [0.15, 0.2) is 23.7 Å². The Balaban J connectivity index is 1.54. The van der Waals surface area contributed by atoms with Crippen molar-refractivity contribution in [2.45, 2.75) is 19.3 Å². The van der Waals surface area contributed by atoms with Crippen molar-refractivity contribution < 1.29 is 18.1 Å². The summed E-state index contributed by atoms with van der Waals surface area (Å²) in [6.45, 7) is 2.81. The van der Waals surface area contributed by atoms with Gasteiger partial charge in [0.1, 0.15) is 5.82 Å². The Bertz CT molecular complexity index is 903. The summed E-state index contributed by atoms with van der Waals surface area (Å²) >= 11 is 0. The van der Waals surface area contributed by atoms with E-state index in [-0.39, 0.29) is 23.3 Å². The van der Waals surface area contributed by atoms with Crippen LogP contribution in [0.25, 0.3) is 11.3 Å². The lowest BCUT2D eigenvalue weighted by Gasteiger charge is -2.14. The summed E-state index contributed by atoms with van der Waals surface area (Å²) in [6.07, 6.45) is 1.97. The van der Waals surface area contributed by atoms with Crippen molar-refractivity contribution in [2.75, 3.05) is 13.1 Å². The topological polar surface area (TPSA) is 85.3 Å². The summed E-state index contributed by atoms with van der Waals surface area (Å²) in [5.74, 6) is 0.898. The van der Waals surface area contributed by atoms with Crippen molar-refractivity contribution in [3.63, 3.8) is 0 Å². The van der Waals surface area contributed by atoms with Crippen LogP contribution in [0.5, 0.6) is 0 Å². The quantitative estimate of drug-likeness (QED) is 0.727. The Morgan fingerprint density at radius 2 is 2.12 bits per heavy atom. The lowest BCUT2D eigenvalue weighted by molar-refractivity contribution is 0.0784. The average Bonchev–Trinajstić information content (AvgIpc) is 3.35. The van der Waals surface area contributed by atoms with Gasteiger partial charge in [-0.2, -0.15) is 4.98 Å². The highest BCUT2D eigenvalue weighted by atomic mass is 19.1. The van der Waals surface area contributed by atoms with Gasteiger partial charge in [-0.1, -0.05) is 5.16 Å². The molecule has 0 aliphatic carbocycles. The molecular weight excluding hydrogens is 327 g/mol. The molecule has 7 nitrogen and oxygen atoms in total. The van der Waals surface area contributed by atoms with Crippen LogP contribution >= 0.6 is 0 Å². The average molecular weight is 342 g/mol. The first-order valence-electron chi connectivity index (χ1n) is 7.90. The third-order valence-corrected chi connectivity index (χ3v) is 4.24. The second-order valence-electron chi connectivity index (χ2n) is 5.95. The van der Waals surface area contributed by atoms with Crippen LogP contribution in [0, 0.1) is 12.7 Å². The fourth-order valence-electron chi connectivity index (χ4n) is 2.98. The molecule has 1 aliphatic rings. The van der Waals surface area contributed by atoms with E-state index in [1.54, 1.807) is 24.0 Å². The second-order valence-corrected chi connectivity index (χ2v) is 5.95. The monoisotopic (exact) mass is 342 g/mol. The van der Waals surface area contributed by atoms with Crippen LogP contribution < -0.4 is 0 Å². The summed E-state index contributed by atoms with van der Waals surface area (Å²) in [6, 6.07) is 5.74. The van der Waals surface area contributed by atoms with Crippen molar-refractivity contribution in [3.05, 3.63) is 53.9 Å². The fourth-order valence-corrected chi connectivity index (χ4v) is 2.98. The van der Waals surface area contributed by atoms with E-state index in [1.807, 2.05) is 0 Å². The summed E-state index contributed by atoms with van der Waals surface area (Å²) < 4.78 is 23.7. The van der Waals surface area contributed by atoms with Crippen molar-refractivity contribution in [1.82, 2.24) is 20.0 Å². The number of rotatable bonds is 3. The molecule has 128 valence electrons. The molecule has 3 heterocycles. The molecule has 1 fully saturated rings. The minimum Gasteiger partial charge on any atom is -0.443 e. The molecule has 1 unspecified atom stereocenters. The maximum atomic E-state index is 13.1. The van der Waals surface area contributed by atoms with Crippen molar-refractivity contribution in [3.8, 4) is 11.3 Å². The number of aromatic nitrogens is 3. The van der Waals surface area contributed by atoms with Gasteiger partial charge in [0, 0.05) is 18.7 Å². The number of carbonyl (C=O) groups excluding carboxylic acids is 1. The summed E-state index contributed by atoms with van der Waals surface area (Å²) in [7, 11) is 0. The number of halogens is 1. The second kappa shape index (κ2) is 6.12. The van der Waals surface area contributed by atoms with E-state index in [1.165, 1.54) is 18.5 Å². The molecule has 0 radical (unpaired) electrons. The van der Waals surface area contributed by atoms with Gasteiger partial charge in [-0.3, -0.25) is 4.79 Å². The predicted octanol–water partition coefficient (Wildman–Crippen LogP) is 2.80. The van der Waals surface area contributed by atoms with Gasteiger partial charge in [0.05, 0.1) is 5.92 Å². The molecular formula is C17H15FN4O3. The van der Waals surface area contributed by atoms with Gasteiger partial charge in [-0.05, 0) is 37.6 Å². The SMILES string of the molecule is Cc1noc(C2CCN(C(=O)c3ncoc3-c3ccc(F)cc3)C2)n1. The molecule has 4 rings (SSSR count). The Kier molecular flexibility index (Phi) is 3.79. The van der Waals surface area contributed by atoms with E-state index in [2.05, 4.69) is 15.1 Å². The number of aryl methyl sites for hydroxylation is 1. The van der Waals surface area contributed by atoms with E-state index in [4.69, 9.17) is 8.94 Å². The Labute approximate surface area is 142 Å². The molecule has 1 aliphatic heterocycles. The van der Waals surface area contributed by atoms with Crippen molar-refractivity contribution >= 4 is 5.91 Å². The number of carbonyl (C=O) groups is 1. The van der Waals surface area contributed by atoms with Crippen molar-refractivity contribution in [1.29, 1.82) is 0 Å². The first-order chi connectivity index (χ1) is 12.1. The smallest absolute Gasteiger partial charge is 0.276 e. The van der Waals surface area contributed by atoms with Gasteiger partial charge < -0.3 is 13.8 Å². The Morgan fingerprint density at radius 3 is 2.84 bits per heavy atom. The zero-order chi connectivity index (χ0) is 17.4. The molecule has 1 amide bonds. The van der Waals surface area contributed by atoms with E-state index in [9.17, 15) is 9.18 Å². The Morgan fingerprint density at radius 1 is 1.32 bits per heavy atom. The molecule has 25 heavy (non-hydrogen) atoms. The van der Waals surface area contributed by atoms with Gasteiger partial charge in [-0.15, -0.1) is 0 Å². The lowest BCUT2D eigenvalue weighted by atomic mass is 10.1. The predicted molar refractivity (Wildman–Crippen MR) is 84.2 cm³/mol. The van der Waals surface area contributed by atoms with Gasteiger partial charge in [-0.25, -0.2) is 9.37 Å². The molecule has 8 heteroatoms. The number of oxazole rings is 1. The molecule has 1 atom stereocenters. The number of hydrogen-bond acceptors (Lipinski definition) is 6. The van der Waals surface area contributed by atoms with Crippen LogP contribution in [0.15, 0.2) is 39.6 Å². The highest BCUT2D eigenvalue weighted by Gasteiger charge is 2.33. The minimum atomic E-state index is -0.353. The van der Waals surface area contributed by atoms with Crippen LogP contribution in [-0.4, -0.2) is 39.0 Å². The molecule has 3 aromatic rings. The zero-order valence-electron chi connectivity index (χ0n) is 13.5. The van der Waals surface area contributed by atoms with Gasteiger partial charge >= 0.3 is 0 Å². The molecule has 2 aromatic heterocycles. The Hall–Kier alpha value is -3.03. The maximum Gasteiger partial charge on any atom is 0.276 e. The van der Waals surface area contributed by atoms with Crippen LogP contribution in [0.4, 0.5) is 4.39 Å². The highest BCUT2D eigenvalue weighted by Crippen LogP contribution is 2.29. The van der Waals surface area contributed by atoms with Crippen LogP contribution in [0.3, 0.4) is 0 Å². The number of likely N-dealkylation sites (tertiary alicyclic amines) is 1. The number of hydrogen-bond donors (Lipinski definition) is 0.